The maximum atomic E-state index is 6.23. The molecule has 9 heteroatoms. The first-order chi connectivity index (χ1) is 14.5. The number of alkyl halides is 2. The predicted octanol–water partition coefficient (Wildman–Crippen LogP) is 5.76. The van der Waals surface area contributed by atoms with Crippen LogP contribution < -0.4 is 14.2 Å². The van der Waals surface area contributed by atoms with Crippen molar-refractivity contribution in [2.75, 3.05) is 27.1 Å². The van der Waals surface area contributed by atoms with E-state index < -0.39 is 4.33 Å². The minimum Gasteiger partial charge on any atom is -0.493 e. The zero-order chi connectivity index (χ0) is 21.3. The summed E-state index contributed by atoms with van der Waals surface area (Å²) in [5.41, 5.74) is 0.893. The van der Waals surface area contributed by atoms with E-state index in [4.69, 9.17) is 37.4 Å². The molecule has 2 saturated carbocycles. The Kier molecular flexibility index (Phi) is 6.61. The van der Waals surface area contributed by atoms with Crippen LogP contribution in [0.2, 0.25) is 0 Å². The van der Waals surface area contributed by atoms with Gasteiger partial charge in [-0.3, -0.25) is 4.57 Å². The van der Waals surface area contributed by atoms with E-state index in [0.717, 1.165) is 41.6 Å². The minimum atomic E-state index is -0.581. The summed E-state index contributed by atoms with van der Waals surface area (Å²) in [5.74, 6) is 3.73. The molecule has 1 unspecified atom stereocenters. The average Bonchev–Trinajstić information content (AvgIpc) is 3.18. The largest absolute Gasteiger partial charge is 0.493 e. The van der Waals surface area contributed by atoms with Crippen LogP contribution in [0, 0.1) is 5.92 Å². The fourth-order valence-corrected chi connectivity index (χ4v) is 6.01. The summed E-state index contributed by atoms with van der Waals surface area (Å²) in [6, 6.07) is 4.24. The lowest BCUT2D eigenvalue weighted by molar-refractivity contribution is 0.324. The topological polar surface area (TPSA) is 58.4 Å². The third-order valence-electron chi connectivity index (χ3n) is 5.90. The van der Waals surface area contributed by atoms with E-state index in [9.17, 15) is 0 Å². The summed E-state index contributed by atoms with van der Waals surface area (Å²) in [4.78, 5) is 0. The summed E-state index contributed by atoms with van der Waals surface area (Å²) < 4.78 is 18.3. The molecule has 2 fully saturated rings. The number of rotatable bonds is 8. The van der Waals surface area contributed by atoms with Gasteiger partial charge in [-0.25, -0.2) is 0 Å². The third kappa shape index (κ3) is 4.34. The van der Waals surface area contributed by atoms with Crippen LogP contribution >= 0.6 is 35.0 Å². The molecule has 1 aromatic carbocycles. The lowest BCUT2D eigenvalue weighted by Crippen LogP contribution is -2.15. The van der Waals surface area contributed by atoms with Gasteiger partial charge in [0.1, 0.15) is 4.33 Å². The van der Waals surface area contributed by atoms with Gasteiger partial charge in [0.2, 0.25) is 5.75 Å². The number of ether oxygens (including phenoxy) is 3. The van der Waals surface area contributed by atoms with E-state index in [0.29, 0.717) is 29.2 Å². The van der Waals surface area contributed by atoms with Crippen LogP contribution in [0.15, 0.2) is 17.3 Å². The first-order valence-electron chi connectivity index (χ1n) is 10.2. The SMILES string of the molecule is COc1cc(-c2nnc(SCC3CC3(Cl)Cl)n2C2CCCCC2)cc(OC)c1OC. The molecule has 1 atom stereocenters. The number of nitrogens with zero attached hydrogens (tertiary/aromatic N) is 3. The molecule has 0 radical (unpaired) electrons. The van der Waals surface area contributed by atoms with Crippen LogP contribution in [-0.4, -0.2) is 46.2 Å². The number of hydrogen-bond donors (Lipinski definition) is 0. The number of halogens is 2. The van der Waals surface area contributed by atoms with E-state index in [-0.39, 0.29) is 0 Å². The van der Waals surface area contributed by atoms with Crippen molar-refractivity contribution in [2.24, 2.45) is 5.92 Å². The Bertz CT molecular complexity index is 875. The Hall–Kier alpha value is -1.31. The molecule has 1 aromatic heterocycles. The number of aromatic nitrogens is 3. The van der Waals surface area contributed by atoms with E-state index in [2.05, 4.69) is 14.8 Å². The van der Waals surface area contributed by atoms with Gasteiger partial charge in [-0.1, -0.05) is 31.0 Å². The van der Waals surface area contributed by atoms with Gasteiger partial charge in [0.15, 0.2) is 22.5 Å². The van der Waals surface area contributed by atoms with Gasteiger partial charge in [0, 0.05) is 23.3 Å². The molecule has 2 aliphatic carbocycles. The van der Waals surface area contributed by atoms with Crippen LogP contribution in [0.4, 0.5) is 0 Å². The normalized spacial score (nSPS) is 20.8. The lowest BCUT2D eigenvalue weighted by atomic mass is 9.95. The average molecular weight is 472 g/mol. The van der Waals surface area contributed by atoms with Crippen molar-refractivity contribution < 1.29 is 14.2 Å². The summed E-state index contributed by atoms with van der Waals surface area (Å²) >= 11 is 14.1. The molecule has 164 valence electrons. The van der Waals surface area contributed by atoms with Gasteiger partial charge in [-0.2, -0.15) is 0 Å². The second-order valence-corrected chi connectivity index (χ2v) is 10.4. The van der Waals surface area contributed by atoms with Crippen LogP contribution in [0.3, 0.4) is 0 Å². The Morgan fingerprint density at radius 1 is 1.03 bits per heavy atom. The van der Waals surface area contributed by atoms with Crippen LogP contribution in [0.1, 0.15) is 44.6 Å². The first kappa shape index (κ1) is 21.9. The fraction of sp³-hybridized carbons (Fsp3) is 0.619. The van der Waals surface area contributed by atoms with Crippen molar-refractivity contribution in [3.05, 3.63) is 12.1 Å². The lowest BCUT2D eigenvalue weighted by Gasteiger charge is -2.26. The molecule has 6 nitrogen and oxygen atoms in total. The molecule has 30 heavy (non-hydrogen) atoms. The maximum absolute atomic E-state index is 6.23. The quantitative estimate of drug-likeness (QED) is 0.360. The van der Waals surface area contributed by atoms with E-state index >= 15 is 0 Å². The van der Waals surface area contributed by atoms with E-state index in [1.165, 1.54) is 19.3 Å². The van der Waals surface area contributed by atoms with Crippen molar-refractivity contribution in [1.29, 1.82) is 0 Å². The number of thioether (sulfide) groups is 1. The van der Waals surface area contributed by atoms with Gasteiger partial charge in [0.25, 0.3) is 0 Å². The number of benzene rings is 1. The van der Waals surface area contributed by atoms with Gasteiger partial charge in [0.05, 0.1) is 21.3 Å². The summed E-state index contributed by atoms with van der Waals surface area (Å²) in [5, 5.41) is 10.0. The highest BCUT2D eigenvalue weighted by Crippen LogP contribution is 2.55. The minimum absolute atomic E-state index is 0.298. The predicted molar refractivity (Wildman–Crippen MR) is 121 cm³/mol. The Morgan fingerprint density at radius 2 is 1.67 bits per heavy atom. The standard InChI is InChI=1S/C21H27Cl2N3O3S/c1-27-16-9-13(10-17(28-2)18(16)29-3)19-24-25-20(30-12-14-11-21(14,22)23)26(19)15-7-5-4-6-8-15/h9-10,14-15H,4-8,11-12H2,1-3H3. The molecular formula is C21H27Cl2N3O3S. The second kappa shape index (κ2) is 9.05. The Labute approximate surface area is 191 Å². The van der Waals surface area contributed by atoms with Crippen LogP contribution in [-0.2, 0) is 0 Å². The number of methoxy groups -OCH3 is 3. The fourth-order valence-electron chi connectivity index (χ4n) is 4.08. The van der Waals surface area contributed by atoms with Crippen molar-refractivity contribution >= 4 is 35.0 Å². The van der Waals surface area contributed by atoms with Gasteiger partial charge in [-0.05, 0) is 31.4 Å². The maximum Gasteiger partial charge on any atom is 0.203 e. The third-order valence-corrected chi connectivity index (χ3v) is 7.93. The molecular weight excluding hydrogens is 445 g/mol. The molecule has 4 rings (SSSR count). The number of hydrogen-bond acceptors (Lipinski definition) is 6. The van der Waals surface area contributed by atoms with Gasteiger partial charge >= 0.3 is 0 Å². The van der Waals surface area contributed by atoms with Crippen molar-refractivity contribution in [3.8, 4) is 28.6 Å². The molecule has 2 aromatic rings. The van der Waals surface area contributed by atoms with Crippen molar-refractivity contribution in [3.63, 3.8) is 0 Å². The molecule has 1 heterocycles. The molecule has 2 aliphatic rings. The molecule has 0 spiro atoms. The smallest absolute Gasteiger partial charge is 0.203 e. The van der Waals surface area contributed by atoms with Gasteiger partial charge < -0.3 is 14.2 Å². The summed E-state index contributed by atoms with van der Waals surface area (Å²) in [6.07, 6.45) is 6.81. The van der Waals surface area contributed by atoms with E-state index in [1.807, 2.05) is 12.1 Å². The highest BCUT2D eigenvalue weighted by atomic mass is 35.5. The highest BCUT2D eigenvalue weighted by molar-refractivity contribution is 7.99. The monoisotopic (exact) mass is 471 g/mol. The Balaban J connectivity index is 1.72. The zero-order valence-electron chi connectivity index (χ0n) is 17.5. The van der Waals surface area contributed by atoms with Gasteiger partial charge in [-0.15, -0.1) is 33.4 Å². The van der Waals surface area contributed by atoms with Crippen LogP contribution in [0.25, 0.3) is 11.4 Å². The Morgan fingerprint density at radius 3 is 2.20 bits per heavy atom. The zero-order valence-corrected chi connectivity index (χ0v) is 19.8. The second-order valence-electron chi connectivity index (χ2n) is 7.86. The molecule has 0 saturated heterocycles. The van der Waals surface area contributed by atoms with Crippen LogP contribution in [0.5, 0.6) is 17.2 Å². The van der Waals surface area contributed by atoms with Crippen molar-refractivity contribution in [2.45, 2.75) is 54.1 Å². The van der Waals surface area contributed by atoms with E-state index in [1.54, 1.807) is 33.1 Å². The summed E-state index contributed by atoms with van der Waals surface area (Å²) in [7, 11) is 4.84. The van der Waals surface area contributed by atoms with Crippen molar-refractivity contribution in [1.82, 2.24) is 14.8 Å². The molecule has 0 amide bonds. The molecule has 0 N–H and O–H groups in total. The summed E-state index contributed by atoms with van der Waals surface area (Å²) in [6.45, 7) is 0. The molecule has 0 aliphatic heterocycles. The first-order valence-corrected chi connectivity index (χ1v) is 12.0. The molecule has 0 bridgehead atoms. The highest BCUT2D eigenvalue weighted by Gasteiger charge is 2.51.